The Bertz CT molecular complexity index is 794. The summed E-state index contributed by atoms with van der Waals surface area (Å²) < 4.78 is 0. The van der Waals surface area contributed by atoms with E-state index in [1.807, 2.05) is 23.1 Å². The third-order valence-corrected chi connectivity index (χ3v) is 6.21. The van der Waals surface area contributed by atoms with Gasteiger partial charge in [0.15, 0.2) is 0 Å². The summed E-state index contributed by atoms with van der Waals surface area (Å²) >= 11 is 5.99. The number of hydrogen-bond acceptors (Lipinski definition) is 2. The highest BCUT2D eigenvalue weighted by Gasteiger charge is 2.41. The molecule has 26 heavy (non-hydrogen) atoms. The topological polar surface area (TPSA) is 23.6 Å². The lowest BCUT2D eigenvalue weighted by Crippen LogP contribution is -2.51. The lowest BCUT2D eigenvalue weighted by Gasteiger charge is -2.48. The summed E-state index contributed by atoms with van der Waals surface area (Å²) in [5, 5.41) is 0.788. The number of fused-ring (bicyclic) bond motifs is 1. The number of likely N-dealkylation sites (tertiary alicyclic amines) is 1. The summed E-state index contributed by atoms with van der Waals surface area (Å²) in [5.74, 6) is 0.153. The summed E-state index contributed by atoms with van der Waals surface area (Å²) in [5.41, 5.74) is 3.95. The predicted octanol–water partition coefficient (Wildman–Crippen LogP) is 4.53. The highest BCUT2D eigenvalue weighted by molar-refractivity contribution is 6.30. The standard InChI is InChI=1S/C22H25ClN2O/c1-17(26)25-16-22(14-19-4-2-3-5-21(19)25)10-12-24(13-11-22)15-18-6-8-20(23)9-7-18/h2-9H,10-16H2,1H3. The van der Waals surface area contributed by atoms with Crippen LogP contribution < -0.4 is 4.90 Å². The van der Waals surface area contributed by atoms with Gasteiger partial charge in [0, 0.05) is 30.7 Å². The highest BCUT2D eigenvalue weighted by Crippen LogP contribution is 2.43. The van der Waals surface area contributed by atoms with Gasteiger partial charge in [-0.1, -0.05) is 41.9 Å². The molecular formula is C22H25ClN2O. The molecule has 2 aromatic rings. The van der Waals surface area contributed by atoms with Crippen LogP contribution >= 0.6 is 11.6 Å². The molecule has 0 N–H and O–H groups in total. The maximum atomic E-state index is 12.2. The zero-order chi connectivity index (χ0) is 18.1. The number of amides is 1. The first-order valence-corrected chi connectivity index (χ1v) is 9.75. The van der Waals surface area contributed by atoms with Crippen LogP contribution in [-0.4, -0.2) is 30.4 Å². The van der Waals surface area contributed by atoms with E-state index in [9.17, 15) is 4.79 Å². The quantitative estimate of drug-likeness (QED) is 0.777. The monoisotopic (exact) mass is 368 g/mol. The van der Waals surface area contributed by atoms with Crippen LogP contribution in [-0.2, 0) is 17.8 Å². The van der Waals surface area contributed by atoms with Crippen LogP contribution in [0.15, 0.2) is 48.5 Å². The average Bonchev–Trinajstić information content (AvgIpc) is 2.65. The Hall–Kier alpha value is -1.84. The molecule has 0 atom stereocenters. The fourth-order valence-corrected chi connectivity index (χ4v) is 4.58. The molecule has 0 radical (unpaired) electrons. The number of piperidine rings is 1. The molecule has 2 heterocycles. The number of para-hydroxylation sites is 1. The van der Waals surface area contributed by atoms with E-state index in [2.05, 4.69) is 35.2 Å². The summed E-state index contributed by atoms with van der Waals surface area (Å²) in [6, 6.07) is 16.5. The Labute approximate surface area is 160 Å². The molecular weight excluding hydrogens is 344 g/mol. The second-order valence-corrected chi connectivity index (χ2v) is 8.25. The predicted molar refractivity (Wildman–Crippen MR) is 107 cm³/mol. The molecule has 1 spiro atoms. The Kier molecular flexibility index (Phi) is 4.76. The first kappa shape index (κ1) is 17.6. The van der Waals surface area contributed by atoms with Gasteiger partial charge in [-0.25, -0.2) is 0 Å². The first-order chi connectivity index (χ1) is 12.5. The van der Waals surface area contributed by atoms with E-state index in [1.54, 1.807) is 6.92 Å². The molecule has 1 amide bonds. The van der Waals surface area contributed by atoms with Gasteiger partial charge in [-0.3, -0.25) is 9.69 Å². The van der Waals surface area contributed by atoms with Crippen LogP contribution in [0.25, 0.3) is 0 Å². The molecule has 0 aliphatic carbocycles. The van der Waals surface area contributed by atoms with Crippen molar-refractivity contribution in [3.05, 3.63) is 64.7 Å². The Morgan fingerprint density at radius 3 is 2.46 bits per heavy atom. The Morgan fingerprint density at radius 1 is 1.08 bits per heavy atom. The number of halogens is 1. The van der Waals surface area contributed by atoms with Crippen molar-refractivity contribution in [3.63, 3.8) is 0 Å². The van der Waals surface area contributed by atoms with Crippen molar-refractivity contribution in [3.8, 4) is 0 Å². The van der Waals surface area contributed by atoms with Gasteiger partial charge in [-0.05, 0) is 67.1 Å². The van der Waals surface area contributed by atoms with Crippen molar-refractivity contribution in [2.24, 2.45) is 5.41 Å². The lowest BCUT2D eigenvalue weighted by atomic mass is 9.71. The lowest BCUT2D eigenvalue weighted by molar-refractivity contribution is -0.117. The van der Waals surface area contributed by atoms with Crippen LogP contribution in [0.1, 0.15) is 30.9 Å². The minimum Gasteiger partial charge on any atom is -0.312 e. The average molecular weight is 369 g/mol. The second kappa shape index (κ2) is 7.05. The molecule has 1 saturated heterocycles. The van der Waals surface area contributed by atoms with Gasteiger partial charge in [0.1, 0.15) is 0 Å². The van der Waals surface area contributed by atoms with Crippen LogP contribution in [0.3, 0.4) is 0 Å². The second-order valence-electron chi connectivity index (χ2n) is 7.81. The molecule has 0 bridgehead atoms. The minimum atomic E-state index is 0.153. The molecule has 1 fully saturated rings. The molecule has 2 aliphatic rings. The number of anilines is 1. The Morgan fingerprint density at radius 2 is 1.77 bits per heavy atom. The van der Waals surface area contributed by atoms with E-state index in [1.165, 1.54) is 11.1 Å². The molecule has 136 valence electrons. The number of carbonyl (C=O) groups excluding carboxylic acids is 1. The van der Waals surface area contributed by atoms with Crippen molar-refractivity contribution in [2.45, 2.75) is 32.7 Å². The van der Waals surface area contributed by atoms with Crippen molar-refractivity contribution in [2.75, 3.05) is 24.5 Å². The third kappa shape index (κ3) is 3.51. The van der Waals surface area contributed by atoms with E-state index >= 15 is 0 Å². The molecule has 4 rings (SSSR count). The summed E-state index contributed by atoms with van der Waals surface area (Å²) in [7, 11) is 0. The van der Waals surface area contributed by atoms with Gasteiger partial charge in [-0.15, -0.1) is 0 Å². The third-order valence-electron chi connectivity index (χ3n) is 5.96. The fraction of sp³-hybridized carbons (Fsp3) is 0.409. The van der Waals surface area contributed by atoms with Crippen molar-refractivity contribution < 1.29 is 4.79 Å². The van der Waals surface area contributed by atoms with Gasteiger partial charge in [0.25, 0.3) is 0 Å². The van der Waals surface area contributed by atoms with Gasteiger partial charge in [0.2, 0.25) is 5.91 Å². The van der Waals surface area contributed by atoms with Gasteiger partial charge in [0.05, 0.1) is 0 Å². The van der Waals surface area contributed by atoms with Crippen molar-refractivity contribution in [1.82, 2.24) is 4.90 Å². The number of carbonyl (C=O) groups is 1. The SMILES string of the molecule is CC(=O)N1CC2(CCN(Cc3ccc(Cl)cc3)CC2)Cc2ccccc21. The Balaban J connectivity index is 1.46. The number of hydrogen-bond donors (Lipinski definition) is 0. The normalized spacial score (nSPS) is 19.4. The number of nitrogens with zero attached hydrogens (tertiary/aromatic N) is 2. The molecule has 0 unspecified atom stereocenters. The zero-order valence-electron chi connectivity index (χ0n) is 15.2. The summed E-state index contributed by atoms with van der Waals surface area (Å²) in [6.07, 6.45) is 3.36. The zero-order valence-corrected chi connectivity index (χ0v) is 16.0. The van der Waals surface area contributed by atoms with Gasteiger partial charge >= 0.3 is 0 Å². The summed E-state index contributed by atoms with van der Waals surface area (Å²) in [6.45, 7) is 5.67. The van der Waals surface area contributed by atoms with Gasteiger partial charge < -0.3 is 4.90 Å². The van der Waals surface area contributed by atoms with Crippen LogP contribution in [0.5, 0.6) is 0 Å². The minimum absolute atomic E-state index is 0.153. The molecule has 4 heteroatoms. The van der Waals surface area contributed by atoms with Crippen molar-refractivity contribution in [1.29, 1.82) is 0 Å². The number of rotatable bonds is 2. The van der Waals surface area contributed by atoms with Crippen LogP contribution in [0.4, 0.5) is 5.69 Å². The van der Waals surface area contributed by atoms with E-state index in [4.69, 9.17) is 11.6 Å². The maximum Gasteiger partial charge on any atom is 0.223 e. The van der Waals surface area contributed by atoms with Crippen LogP contribution in [0.2, 0.25) is 5.02 Å². The van der Waals surface area contributed by atoms with E-state index in [0.717, 1.165) is 56.2 Å². The molecule has 0 aromatic heterocycles. The smallest absolute Gasteiger partial charge is 0.223 e. The summed E-state index contributed by atoms with van der Waals surface area (Å²) in [4.78, 5) is 16.7. The fourth-order valence-electron chi connectivity index (χ4n) is 4.45. The molecule has 2 aliphatic heterocycles. The molecule has 0 saturated carbocycles. The molecule has 2 aromatic carbocycles. The van der Waals surface area contributed by atoms with E-state index in [-0.39, 0.29) is 11.3 Å². The maximum absolute atomic E-state index is 12.2. The van der Waals surface area contributed by atoms with E-state index in [0.29, 0.717) is 0 Å². The van der Waals surface area contributed by atoms with Crippen molar-refractivity contribution >= 4 is 23.2 Å². The van der Waals surface area contributed by atoms with Gasteiger partial charge in [-0.2, -0.15) is 0 Å². The first-order valence-electron chi connectivity index (χ1n) is 9.38. The molecule has 3 nitrogen and oxygen atoms in total. The highest BCUT2D eigenvalue weighted by atomic mass is 35.5. The van der Waals surface area contributed by atoms with Crippen LogP contribution in [0, 0.1) is 5.41 Å². The largest absolute Gasteiger partial charge is 0.312 e. The number of benzene rings is 2. The van der Waals surface area contributed by atoms with E-state index < -0.39 is 0 Å².